The van der Waals surface area contributed by atoms with E-state index in [2.05, 4.69) is 27.0 Å². The number of aryl methyl sites for hydroxylation is 1. The maximum Gasteiger partial charge on any atom is 0.407 e. The van der Waals surface area contributed by atoms with Gasteiger partial charge in [-0.3, -0.25) is 4.99 Å². The van der Waals surface area contributed by atoms with Crippen LogP contribution in [0.15, 0.2) is 23.2 Å². The fraction of sp³-hybridized carbons (Fsp3) is 0.579. The number of benzene rings is 1. The summed E-state index contributed by atoms with van der Waals surface area (Å²) in [7, 11) is 3.40. The Morgan fingerprint density at radius 3 is 2.46 bits per heavy atom. The van der Waals surface area contributed by atoms with E-state index in [4.69, 9.17) is 9.47 Å². The van der Waals surface area contributed by atoms with Crippen molar-refractivity contribution in [3.8, 4) is 5.75 Å². The van der Waals surface area contributed by atoms with E-state index in [1.807, 2.05) is 39.8 Å². The molecule has 0 saturated carbocycles. The van der Waals surface area contributed by atoms with E-state index in [0.29, 0.717) is 25.6 Å². The molecule has 0 unspecified atom stereocenters. The van der Waals surface area contributed by atoms with Crippen molar-refractivity contribution < 1.29 is 14.3 Å². The summed E-state index contributed by atoms with van der Waals surface area (Å²) >= 11 is 0. The summed E-state index contributed by atoms with van der Waals surface area (Å²) in [6.45, 7) is 9.41. The minimum atomic E-state index is -0.479. The van der Waals surface area contributed by atoms with Gasteiger partial charge in [0.2, 0.25) is 0 Å². The number of hydrogen-bond donors (Lipinski definition) is 3. The Balaban J connectivity index is 2.28. The highest BCUT2D eigenvalue weighted by Crippen LogP contribution is 2.18. The van der Waals surface area contributed by atoms with E-state index >= 15 is 0 Å². The number of carbonyl (C=O) groups excluding carboxylic acids is 1. The number of carbonyl (C=O) groups is 1. The highest BCUT2D eigenvalue weighted by atomic mass is 16.6. The molecular weight excluding hydrogens is 332 g/mol. The lowest BCUT2D eigenvalue weighted by molar-refractivity contribution is 0.0527. The highest BCUT2D eigenvalue weighted by Gasteiger charge is 2.15. The molecule has 7 heteroatoms. The zero-order valence-corrected chi connectivity index (χ0v) is 16.7. The molecule has 1 amide bonds. The van der Waals surface area contributed by atoms with Crippen LogP contribution in [0.4, 0.5) is 4.79 Å². The number of nitrogens with zero attached hydrogens (tertiary/aromatic N) is 1. The van der Waals surface area contributed by atoms with Crippen molar-refractivity contribution >= 4 is 12.1 Å². The molecule has 1 aromatic carbocycles. The molecule has 0 radical (unpaired) electrons. The Bertz CT molecular complexity index is 609. The maximum atomic E-state index is 11.5. The van der Waals surface area contributed by atoms with Gasteiger partial charge in [-0.05, 0) is 51.3 Å². The lowest BCUT2D eigenvalue weighted by Gasteiger charge is -2.19. The van der Waals surface area contributed by atoms with Gasteiger partial charge >= 0.3 is 6.09 Å². The Morgan fingerprint density at radius 1 is 1.15 bits per heavy atom. The van der Waals surface area contributed by atoms with Gasteiger partial charge in [0, 0.05) is 26.7 Å². The molecule has 1 rings (SSSR count). The summed E-state index contributed by atoms with van der Waals surface area (Å²) in [5.74, 6) is 1.59. The first-order valence-corrected chi connectivity index (χ1v) is 8.80. The van der Waals surface area contributed by atoms with Gasteiger partial charge in [0.1, 0.15) is 11.4 Å². The second kappa shape index (κ2) is 10.5. The van der Waals surface area contributed by atoms with Gasteiger partial charge in [0.05, 0.1) is 7.11 Å². The standard InChI is InChI=1S/C19H32N4O3/c1-14-8-9-15(12-16(14)25-6)13-23-17(20-5)21-10-7-11-22-18(24)26-19(2,3)4/h8-9,12H,7,10-11,13H2,1-6H3,(H,22,24)(H2,20,21,23). The number of alkyl carbamates (subject to hydrolysis) is 1. The number of guanidine groups is 1. The molecular formula is C19H32N4O3. The Labute approximate surface area is 156 Å². The van der Waals surface area contributed by atoms with Gasteiger partial charge in [0.25, 0.3) is 0 Å². The van der Waals surface area contributed by atoms with Crippen LogP contribution in [0.25, 0.3) is 0 Å². The number of ether oxygens (including phenoxy) is 2. The number of rotatable bonds is 7. The van der Waals surface area contributed by atoms with Crippen LogP contribution in [-0.2, 0) is 11.3 Å². The van der Waals surface area contributed by atoms with Crippen LogP contribution in [0.1, 0.15) is 38.3 Å². The molecule has 0 aliphatic heterocycles. The molecule has 3 N–H and O–H groups in total. The SMILES string of the molecule is CN=C(NCCCNC(=O)OC(C)(C)C)NCc1ccc(C)c(OC)c1. The van der Waals surface area contributed by atoms with E-state index < -0.39 is 11.7 Å². The average Bonchev–Trinajstić information content (AvgIpc) is 2.56. The van der Waals surface area contributed by atoms with Crippen molar-refractivity contribution in [3.05, 3.63) is 29.3 Å². The van der Waals surface area contributed by atoms with Crippen LogP contribution in [0, 0.1) is 6.92 Å². The molecule has 0 aliphatic rings. The van der Waals surface area contributed by atoms with Gasteiger partial charge < -0.3 is 25.4 Å². The van der Waals surface area contributed by atoms with Gasteiger partial charge in [-0.25, -0.2) is 4.79 Å². The van der Waals surface area contributed by atoms with Gasteiger partial charge in [0.15, 0.2) is 5.96 Å². The third-order valence-electron chi connectivity index (χ3n) is 3.47. The second-order valence-electron chi connectivity index (χ2n) is 6.94. The summed E-state index contributed by atoms with van der Waals surface area (Å²) < 4.78 is 10.5. The zero-order valence-electron chi connectivity index (χ0n) is 16.7. The Morgan fingerprint density at radius 2 is 1.85 bits per heavy atom. The molecule has 0 heterocycles. The van der Waals surface area contributed by atoms with Crippen molar-refractivity contribution in [2.24, 2.45) is 4.99 Å². The number of hydrogen-bond acceptors (Lipinski definition) is 4. The molecule has 0 saturated heterocycles. The molecule has 0 atom stereocenters. The smallest absolute Gasteiger partial charge is 0.407 e. The molecule has 146 valence electrons. The summed E-state index contributed by atoms with van der Waals surface area (Å²) in [4.78, 5) is 15.7. The molecule has 7 nitrogen and oxygen atoms in total. The van der Waals surface area contributed by atoms with Gasteiger partial charge in [-0.2, -0.15) is 0 Å². The fourth-order valence-corrected chi connectivity index (χ4v) is 2.18. The lowest BCUT2D eigenvalue weighted by atomic mass is 10.1. The second-order valence-corrected chi connectivity index (χ2v) is 6.94. The van der Waals surface area contributed by atoms with E-state index in [9.17, 15) is 4.79 Å². The van der Waals surface area contributed by atoms with Crippen molar-refractivity contribution in [2.75, 3.05) is 27.2 Å². The van der Waals surface area contributed by atoms with Gasteiger partial charge in [-0.1, -0.05) is 12.1 Å². The molecule has 1 aromatic rings. The average molecular weight is 364 g/mol. The van der Waals surface area contributed by atoms with E-state index in [0.717, 1.165) is 23.3 Å². The summed E-state index contributed by atoms with van der Waals surface area (Å²) in [5, 5.41) is 9.21. The number of methoxy groups -OCH3 is 1. The van der Waals surface area contributed by atoms with Crippen molar-refractivity contribution in [2.45, 2.75) is 46.3 Å². The lowest BCUT2D eigenvalue weighted by Crippen LogP contribution is -2.39. The predicted octanol–water partition coefficient (Wildman–Crippen LogP) is 2.58. The van der Waals surface area contributed by atoms with Crippen molar-refractivity contribution in [3.63, 3.8) is 0 Å². The first-order valence-electron chi connectivity index (χ1n) is 8.80. The Kier molecular flexibility index (Phi) is 8.75. The van der Waals surface area contributed by atoms with Crippen LogP contribution in [-0.4, -0.2) is 44.9 Å². The summed E-state index contributed by atoms with van der Waals surface area (Å²) in [6.07, 6.45) is 0.367. The van der Waals surface area contributed by atoms with E-state index in [1.165, 1.54) is 0 Å². The van der Waals surface area contributed by atoms with Crippen LogP contribution < -0.4 is 20.7 Å². The molecule has 0 spiro atoms. The minimum absolute atomic E-state index is 0.395. The van der Waals surface area contributed by atoms with Gasteiger partial charge in [-0.15, -0.1) is 0 Å². The first-order chi connectivity index (χ1) is 12.2. The maximum absolute atomic E-state index is 11.5. The van der Waals surface area contributed by atoms with E-state index in [-0.39, 0.29) is 0 Å². The highest BCUT2D eigenvalue weighted by molar-refractivity contribution is 5.79. The molecule has 0 fully saturated rings. The fourth-order valence-electron chi connectivity index (χ4n) is 2.18. The van der Waals surface area contributed by atoms with Crippen LogP contribution >= 0.6 is 0 Å². The summed E-state index contributed by atoms with van der Waals surface area (Å²) in [5.41, 5.74) is 1.74. The number of amides is 1. The molecule has 0 bridgehead atoms. The zero-order chi connectivity index (χ0) is 19.6. The quantitative estimate of drug-likeness (QED) is 0.393. The molecule has 0 aromatic heterocycles. The first kappa shape index (κ1) is 21.6. The summed E-state index contributed by atoms with van der Waals surface area (Å²) in [6, 6.07) is 6.11. The third kappa shape index (κ3) is 8.60. The van der Waals surface area contributed by atoms with Crippen molar-refractivity contribution in [1.29, 1.82) is 0 Å². The third-order valence-corrected chi connectivity index (χ3v) is 3.47. The predicted molar refractivity (Wildman–Crippen MR) is 105 cm³/mol. The van der Waals surface area contributed by atoms with Crippen LogP contribution in [0.5, 0.6) is 5.75 Å². The minimum Gasteiger partial charge on any atom is -0.496 e. The monoisotopic (exact) mass is 364 g/mol. The molecule has 26 heavy (non-hydrogen) atoms. The normalized spacial score (nSPS) is 11.7. The van der Waals surface area contributed by atoms with Crippen molar-refractivity contribution in [1.82, 2.24) is 16.0 Å². The topological polar surface area (TPSA) is 84.0 Å². The Hall–Kier alpha value is -2.44. The number of nitrogens with one attached hydrogen (secondary N) is 3. The molecule has 0 aliphatic carbocycles. The largest absolute Gasteiger partial charge is 0.496 e. The van der Waals surface area contributed by atoms with E-state index in [1.54, 1.807) is 14.2 Å². The van der Waals surface area contributed by atoms with Crippen LogP contribution in [0.2, 0.25) is 0 Å². The number of aliphatic imine (C=N–C) groups is 1. The van der Waals surface area contributed by atoms with Crippen LogP contribution in [0.3, 0.4) is 0 Å².